The normalized spacial score (nSPS) is 12.9. The molecule has 0 saturated carbocycles. The Labute approximate surface area is 100 Å². The van der Waals surface area contributed by atoms with Gasteiger partial charge in [0.05, 0.1) is 5.56 Å². The fourth-order valence-corrected chi connectivity index (χ4v) is 1.36. The van der Waals surface area contributed by atoms with Crippen molar-refractivity contribution in [1.29, 1.82) is 0 Å². The van der Waals surface area contributed by atoms with Gasteiger partial charge in [0, 0.05) is 6.92 Å². The third kappa shape index (κ3) is 3.47. The summed E-state index contributed by atoms with van der Waals surface area (Å²) in [6.07, 6.45) is -4.48. The van der Waals surface area contributed by atoms with Gasteiger partial charge in [-0.25, -0.2) is 4.79 Å². The van der Waals surface area contributed by atoms with Gasteiger partial charge in [0.15, 0.2) is 6.04 Å². The molecule has 0 saturated heterocycles. The van der Waals surface area contributed by atoms with Crippen LogP contribution in [0.2, 0.25) is 0 Å². The van der Waals surface area contributed by atoms with Crippen LogP contribution >= 0.6 is 0 Å². The van der Waals surface area contributed by atoms with Crippen molar-refractivity contribution in [1.82, 2.24) is 5.32 Å². The first-order valence-corrected chi connectivity index (χ1v) is 4.89. The van der Waals surface area contributed by atoms with Crippen LogP contribution in [0.1, 0.15) is 24.1 Å². The van der Waals surface area contributed by atoms with Crippen LogP contribution in [-0.4, -0.2) is 17.0 Å². The van der Waals surface area contributed by atoms with Crippen LogP contribution in [0.25, 0.3) is 0 Å². The number of carboxylic acid groups (broad SMARTS) is 1. The topological polar surface area (TPSA) is 66.4 Å². The molecule has 0 heterocycles. The molecule has 0 bridgehead atoms. The first-order chi connectivity index (χ1) is 8.21. The lowest BCUT2D eigenvalue weighted by molar-refractivity contribution is -0.141. The summed E-state index contributed by atoms with van der Waals surface area (Å²) < 4.78 is 36.9. The Kier molecular flexibility index (Phi) is 3.95. The Bertz CT molecular complexity index is 454. The molecule has 1 unspecified atom stereocenters. The molecule has 0 fully saturated rings. The van der Waals surface area contributed by atoms with E-state index in [4.69, 9.17) is 5.11 Å². The van der Waals surface area contributed by atoms with Crippen LogP contribution in [0.4, 0.5) is 13.2 Å². The number of alkyl halides is 3. The van der Waals surface area contributed by atoms with Crippen LogP contribution in [0.15, 0.2) is 24.3 Å². The maximum absolute atomic E-state index is 12.3. The lowest BCUT2D eigenvalue weighted by Gasteiger charge is -2.14. The Morgan fingerprint density at radius 1 is 1.22 bits per heavy atom. The molecule has 1 aromatic rings. The summed E-state index contributed by atoms with van der Waals surface area (Å²) >= 11 is 0. The second-order valence-corrected chi connectivity index (χ2v) is 3.59. The molecule has 18 heavy (non-hydrogen) atoms. The van der Waals surface area contributed by atoms with Gasteiger partial charge in [-0.3, -0.25) is 4.79 Å². The smallest absolute Gasteiger partial charge is 0.416 e. The molecule has 98 valence electrons. The molecule has 0 radical (unpaired) electrons. The van der Waals surface area contributed by atoms with Gasteiger partial charge in [0.1, 0.15) is 0 Å². The lowest BCUT2D eigenvalue weighted by Crippen LogP contribution is -2.32. The van der Waals surface area contributed by atoms with Crippen molar-refractivity contribution in [2.24, 2.45) is 0 Å². The molecule has 4 nitrogen and oxygen atoms in total. The minimum Gasteiger partial charge on any atom is -0.479 e. The van der Waals surface area contributed by atoms with Gasteiger partial charge in [-0.2, -0.15) is 13.2 Å². The highest BCUT2D eigenvalue weighted by atomic mass is 19.4. The van der Waals surface area contributed by atoms with E-state index < -0.39 is 29.7 Å². The van der Waals surface area contributed by atoms with Crippen molar-refractivity contribution < 1.29 is 27.9 Å². The van der Waals surface area contributed by atoms with Gasteiger partial charge in [-0.15, -0.1) is 0 Å². The van der Waals surface area contributed by atoms with E-state index in [-0.39, 0.29) is 5.56 Å². The molecular formula is C11H10F3NO3. The van der Waals surface area contributed by atoms with E-state index in [0.717, 1.165) is 31.2 Å². The number of hydrogen-bond acceptors (Lipinski definition) is 2. The van der Waals surface area contributed by atoms with E-state index in [1.54, 1.807) is 0 Å². The quantitative estimate of drug-likeness (QED) is 0.874. The van der Waals surface area contributed by atoms with Crippen LogP contribution in [0.3, 0.4) is 0 Å². The number of aliphatic carboxylic acids is 1. The van der Waals surface area contributed by atoms with Crippen LogP contribution in [0, 0.1) is 0 Å². The second kappa shape index (κ2) is 5.07. The molecule has 1 rings (SSSR count). The van der Waals surface area contributed by atoms with Crippen molar-refractivity contribution in [3.8, 4) is 0 Å². The van der Waals surface area contributed by atoms with Crippen molar-refractivity contribution in [2.75, 3.05) is 0 Å². The summed E-state index contributed by atoms with van der Waals surface area (Å²) in [6, 6.07) is 2.24. The zero-order valence-electron chi connectivity index (χ0n) is 9.28. The van der Waals surface area contributed by atoms with Crippen molar-refractivity contribution >= 4 is 11.9 Å². The average molecular weight is 261 g/mol. The summed E-state index contributed by atoms with van der Waals surface area (Å²) in [5.41, 5.74) is -0.802. The van der Waals surface area contributed by atoms with Crippen molar-refractivity contribution in [2.45, 2.75) is 19.1 Å². The monoisotopic (exact) mass is 261 g/mol. The zero-order chi connectivity index (χ0) is 13.9. The van der Waals surface area contributed by atoms with Crippen LogP contribution < -0.4 is 5.32 Å². The second-order valence-electron chi connectivity index (χ2n) is 3.59. The van der Waals surface area contributed by atoms with Crippen molar-refractivity contribution in [3.63, 3.8) is 0 Å². The van der Waals surface area contributed by atoms with Gasteiger partial charge in [-0.1, -0.05) is 12.1 Å². The molecular weight excluding hydrogens is 251 g/mol. The molecule has 0 aliphatic rings. The summed E-state index contributed by atoms with van der Waals surface area (Å²) in [6.45, 7) is 1.13. The molecule has 0 aliphatic heterocycles. The summed E-state index contributed by atoms with van der Waals surface area (Å²) in [5.74, 6) is -1.92. The minimum atomic E-state index is -4.48. The Balaban J connectivity index is 3.01. The van der Waals surface area contributed by atoms with E-state index in [1.165, 1.54) is 0 Å². The van der Waals surface area contributed by atoms with E-state index in [0.29, 0.717) is 0 Å². The first kappa shape index (κ1) is 14.0. The van der Waals surface area contributed by atoms with Gasteiger partial charge in [-0.05, 0) is 17.7 Å². The lowest BCUT2D eigenvalue weighted by atomic mass is 10.0. The summed E-state index contributed by atoms with van der Waals surface area (Å²) in [7, 11) is 0. The fourth-order valence-electron chi connectivity index (χ4n) is 1.36. The minimum absolute atomic E-state index is 0.0747. The number of amides is 1. The molecule has 7 heteroatoms. The van der Waals surface area contributed by atoms with Gasteiger partial charge < -0.3 is 10.4 Å². The van der Waals surface area contributed by atoms with Crippen LogP contribution in [-0.2, 0) is 15.8 Å². The highest BCUT2D eigenvalue weighted by molar-refractivity contribution is 5.83. The van der Waals surface area contributed by atoms with E-state index in [2.05, 4.69) is 5.32 Å². The number of nitrogens with one attached hydrogen (secondary N) is 1. The highest BCUT2D eigenvalue weighted by Gasteiger charge is 2.30. The number of hydrogen-bond donors (Lipinski definition) is 2. The fraction of sp³-hybridized carbons (Fsp3) is 0.273. The maximum Gasteiger partial charge on any atom is 0.416 e. The van der Waals surface area contributed by atoms with E-state index in [9.17, 15) is 22.8 Å². The number of halogens is 3. The molecule has 1 aromatic carbocycles. The SMILES string of the molecule is CC(=O)NC(C(=O)O)c1ccc(C(F)(F)F)cc1. The summed E-state index contributed by atoms with van der Waals surface area (Å²) in [5, 5.41) is 11.0. The summed E-state index contributed by atoms with van der Waals surface area (Å²) in [4.78, 5) is 21.7. The Hall–Kier alpha value is -2.05. The van der Waals surface area contributed by atoms with Gasteiger partial charge >= 0.3 is 12.1 Å². The van der Waals surface area contributed by atoms with Crippen LogP contribution in [0.5, 0.6) is 0 Å². The number of carbonyl (C=O) groups excluding carboxylic acids is 1. The average Bonchev–Trinajstić information content (AvgIpc) is 2.24. The molecule has 0 aromatic heterocycles. The molecule has 2 N–H and O–H groups in total. The molecule has 1 atom stereocenters. The van der Waals surface area contributed by atoms with Gasteiger partial charge in [0.25, 0.3) is 0 Å². The van der Waals surface area contributed by atoms with Crippen molar-refractivity contribution in [3.05, 3.63) is 35.4 Å². The number of rotatable bonds is 3. The zero-order valence-corrected chi connectivity index (χ0v) is 9.28. The largest absolute Gasteiger partial charge is 0.479 e. The predicted molar refractivity (Wildman–Crippen MR) is 55.6 cm³/mol. The van der Waals surface area contributed by atoms with E-state index in [1.807, 2.05) is 0 Å². The maximum atomic E-state index is 12.3. The Morgan fingerprint density at radius 3 is 2.06 bits per heavy atom. The number of carbonyl (C=O) groups is 2. The Morgan fingerprint density at radius 2 is 1.72 bits per heavy atom. The molecule has 0 aliphatic carbocycles. The number of benzene rings is 1. The first-order valence-electron chi connectivity index (χ1n) is 4.89. The number of carboxylic acids is 1. The molecule has 1 amide bonds. The predicted octanol–water partition coefficient (Wildman–Crippen LogP) is 1.97. The molecule has 0 spiro atoms. The standard InChI is InChI=1S/C11H10F3NO3/c1-6(16)15-9(10(17)18)7-2-4-8(5-3-7)11(12,13)14/h2-5,9H,1H3,(H,15,16)(H,17,18). The third-order valence-electron chi connectivity index (χ3n) is 2.17. The van der Waals surface area contributed by atoms with Gasteiger partial charge in [0.2, 0.25) is 5.91 Å². The highest BCUT2D eigenvalue weighted by Crippen LogP contribution is 2.29. The van der Waals surface area contributed by atoms with E-state index >= 15 is 0 Å². The third-order valence-corrected chi connectivity index (χ3v) is 2.17.